The third kappa shape index (κ3) is 4.22. The van der Waals surface area contributed by atoms with Gasteiger partial charge in [0.2, 0.25) is 5.91 Å². The Labute approximate surface area is 164 Å². The molecule has 0 aromatic heterocycles. The second-order valence-corrected chi connectivity index (χ2v) is 8.73. The van der Waals surface area contributed by atoms with Crippen molar-refractivity contribution in [2.75, 3.05) is 26.7 Å². The van der Waals surface area contributed by atoms with Crippen LogP contribution in [0.1, 0.15) is 56.9 Å². The summed E-state index contributed by atoms with van der Waals surface area (Å²) in [7, 11) is 2.08. The Morgan fingerprint density at radius 3 is 2.48 bits per heavy atom. The molecule has 2 saturated heterocycles. The minimum atomic E-state index is 0.0661. The van der Waals surface area contributed by atoms with E-state index in [1.807, 2.05) is 0 Å². The van der Waals surface area contributed by atoms with Crippen molar-refractivity contribution >= 4 is 5.91 Å². The van der Waals surface area contributed by atoms with Gasteiger partial charge < -0.3 is 4.90 Å². The highest BCUT2D eigenvalue weighted by Gasteiger charge is 2.39. The van der Waals surface area contributed by atoms with Gasteiger partial charge >= 0.3 is 0 Å². The Morgan fingerprint density at radius 2 is 1.70 bits per heavy atom. The molecule has 3 aliphatic rings. The minimum Gasteiger partial charge on any atom is -0.340 e. The summed E-state index contributed by atoms with van der Waals surface area (Å²) < 4.78 is 0. The second-order valence-electron chi connectivity index (χ2n) is 8.73. The van der Waals surface area contributed by atoms with Crippen molar-refractivity contribution in [3.05, 3.63) is 35.9 Å². The lowest BCUT2D eigenvalue weighted by molar-refractivity contribution is -0.139. The SMILES string of the molecule is CN(C(=O)C1CCCN1Cc1ccccc1)[C@H]1CCCC[C@@H]1N1CCCC1. The van der Waals surface area contributed by atoms with Gasteiger partial charge in [0.05, 0.1) is 6.04 Å². The topological polar surface area (TPSA) is 26.8 Å². The summed E-state index contributed by atoms with van der Waals surface area (Å²) in [5.41, 5.74) is 1.31. The van der Waals surface area contributed by atoms with Crippen LogP contribution in [-0.2, 0) is 11.3 Å². The summed E-state index contributed by atoms with van der Waals surface area (Å²) >= 11 is 0. The van der Waals surface area contributed by atoms with Gasteiger partial charge in [-0.05, 0) is 63.7 Å². The lowest BCUT2D eigenvalue weighted by Crippen LogP contribution is -2.56. The first-order chi connectivity index (χ1) is 13.2. The maximum atomic E-state index is 13.5. The number of hydrogen-bond acceptors (Lipinski definition) is 3. The van der Waals surface area contributed by atoms with Crippen LogP contribution in [0.4, 0.5) is 0 Å². The smallest absolute Gasteiger partial charge is 0.239 e. The van der Waals surface area contributed by atoms with Crippen LogP contribution in [0, 0.1) is 0 Å². The molecular formula is C23H35N3O. The number of benzene rings is 1. The zero-order valence-electron chi connectivity index (χ0n) is 16.9. The van der Waals surface area contributed by atoms with Crippen LogP contribution in [0.15, 0.2) is 30.3 Å². The molecule has 3 fully saturated rings. The van der Waals surface area contributed by atoms with E-state index < -0.39 is 0 Å². The van der Waals surface area contributed by atoms with Crippen molar-refractivity contribution in [2.45, 2.75) is 76.0 Å². The van der Waals surface area contributed by atoms with Crippen LogP contribution in [0.25, 0.3) is 0 Å². The third-order valence-electron chi connectivity index (χ3n) is 7.03. The molecule has 27 heavy (non-hydrogen) atoms. The highest BCUT2D eigenvalue weighted by atomic mass is 16.2. The van der Waals surface area contributed by atoms with Crippen molar-refractivity contribution in [3.8, 4) is 0 Å². The molecule has 1 aliphatic carbocycles. The largest absolute Gasteiger partial charge is 0.340 e. The van der Waals surface area contributed by atoms with E-state index in [9.17, 15) is 4.79 Å². The number of carbonyl (C=O) groups is 1. The summed E-state index contributed by atoms with van der Waals surface area (Å²) in [4.78, 5) is 20.7. The predicted molar refractivity (Wildman–Crippen MR) is 109 cm³/mol. The van der Waals surface area contributed by atoms with E-state index in [0.717, 1.165) is 25.9 Å². The van der Waals surface area contributed by atoms with Crippen LogP contribution in [0.2, 0.25) is 0 Å². The van der Waals surface area contributed by atoms with Gasteiger partial charge in [0, 0.05) is 25.7 Å². The summed E-state index contributed by atoms with van der Waals surface area (Å²) in [5.74, 6) is 0.361. The van der Waals surface area contributed by atoms with Crippen molar-refractivity contribution in [3.63, 3.8) is 0 Å². The number of nitrogens with zero attached hydrogens (tertiary/aromatic N) is 3. The number of carbonyl (C=O) groups excluding carboxylic acids is 1. The highest BCUT2D eigenvalue weighted by molar-refractivity contribution is 5.82. The maximum Gasteiger partial charge on any atom is 0.239 e. The number of likely N-dealkylation sites (tertiary alicyclic amines) is 2. The zero-order chi connectivity index (χ0) is 18.6. The van der Waals surface area contributed by atoms with Gasteiger partial charge in [0.15, 0.2) is 0 Å². The molecule has 1 unspecified atom stereocenters. The normalized spacial score (nSPS) is 29.9. The Hall–Kier alpha value is -1.39. The average Bonchev–Trinajstić information content (AvgIpc) is 3.40. The molecule has 1 amide bonds. The van der Waals surface area contributed by atoms with Gasteiger partial charge in [0.1, 0.15) is 0 Å². The monoisotopic (exact) mass is 369 g/mol. The van der Waals surface area contributed by atoms with Gasteiger partial charge in [-0.2, -0.15) is 0 Å². The van der Waals surface area contributed by atoms with Crippen molar-refractivity contribution in [2.24, 2.45) is 0 Å². The van der Waals surface area contributed by atoms with Crippen LogP contribution >= 0.6 is 0 Å². The molecule has 4 nitrogen and oxygen atoms in total. The van der Waals surface area contributed by atoms with Crippen LogP contribution in [0.5, 0.6) is 0 Å². The fourth-order valence-corrected chi connectivity index (χ4v) is 5.55. The average molecular weight is 370 g/mol. The summed E-state index contributed by atoms with van der Waals surface area (Å²) in [6.45, 7) is 4.39. The summed E-state index contributed by atoms with van der Waals surface area (Å²) in [6, 6.07) is 11.7. The Bertz CT molecular complexity index is 613. The number of likely N-dealkylation sites (N-methyl/N-ethyl adjacent to an activating group) is 1. The van der Waals surface area contributed by atoms with Gasteiger partial charge in [-0.15, -0.1) is 0 Å². The van der Waals surface area contributed by atoms with E-state index in [4.69, 9.17) is 0 Å². The Balaban J connectivity index is 1.43. The van der Waals surface area contributed by atoms with Crippen LogP contribution in [0.3, 0.4) is 0 Å². The van der Waals surface area contributed by atoms with E-state index in [2.05, 4.69) is 52.1 Å². The predicted octanol–water partition coefficient (Wildman–Crippen LogP) is 3.52. The molecule has 1 aromatic rings. The molecule has 0 spiro atoms. The Morgan fingerprint density at radius 1 is 0.963 bits per heavy atom. The second kappa shape index (κ2) is 8.74. The molecule has 148 valence electrons. The number of rotatable bonds is 5. The molecule has 2 aliphatic heterocycles. The summed E-state index contributed by atoms with van der Waals surface area (Å²) in [6.07, 6.45) is 9.83. The number of hydrogen-bond donors (Lipinski definition) is 0. The molecule has 0 N–H and O–H groups in total. The number of amides is 1. The van der Waals surface area contributed by atoms with Crippen molar-refractivity contribution in [1.82, 2.24) is 14.7 Å². The van der Waals surface area contributed by atoms with E-state index >= 15 is 0 Å². The molecule has 1 saturated carbocycles. The molecule has 0 radical (unpaired) electrons. The molecule has 4 heteroatoms. The van der Waals surface area contributed by atoms with Crippen LogP contribution in [-0.4, -0.2) is 65.4 Å². The molecule has 0 bridgehead atoms. The first-order valence-electron chi connectivity index (χ1n) is 11.0. The van der Waals surface area contributed by atoms with E-state index in [1.165, 1.54) is 57.2 Å². The highest BCUT2D eigenvalue weighted by Crippen LogP contribution is 2.31. The summed E-state index contributed by atoms with van der Waals surface area (Å²) in [5, 5.41) is 0. The fourth-order valence-electron chi connectivity index (χ4n) is 5.55. The minimum absolute atomic E-state index is 0.0661. The fraction of sp³-hybridized carbons (Fsp3) is 0.696. The van der Waals surface area contributed by atoms with Gasteiger partial charge in [-0.3, -0.25) is 14.6 Å². The van der Waals surface area contributed by atoms with E-state index in [-0.39, 0.29) is 6.04 Å². The lowest BCUT2D eigenvalue weighted by Gasteiger charge is -2.43. The van der Waals surface area contributed by atoms with E-state index in [0.29, 0.717) is 18.0 Å². The Kier molecular flexibility index (Phi) is 6.14. The lowest BCUT2D eigenvalue weighted by atomic mass is 9.88. The maximum absolute atomic E-state index is 13.5. The van der Waals surface area contributed by atoms with E-state index in [1.54, 1.807) is 0 Å². The van der Waals surface area contributed by atoms with Crippen molar-refractivity contribution < 1.29 is 4.79 Å². The first kappa shape index (κ1) is 18.9. The van der Waals surface area contributed by atoms with Crippen molar-refractivity contribution in [1.29, 1.82) is 0 Å². The first-order valence-corrected chi connectivity index (χ1v) is 11.0. The third-order valence-corrected chi connectivity index (χ3v) is 7.03. The standard InChI is InChI=1S/C23H35N3O/c1-24(20-12-5-6-13-21(20)25-15-7-8-16-25)23(27)22-14-9-17-26(22)18-19-10-3-2-4-11-19/h2-4,10-11,20-22H,5-9,12-18H2,1H3/t20-,21-,22?/m0/s1. The zero-order valence-corrected chi connectivity index (χ0v) is 16.9. The molecule has 3 atom stereocenters. The van der Waals surface area contributed by atoms with Gasteiger partial charge in [-0.25, -0.2) is 0 Å². The quantitative estimate of drug-likeness (QED) is 0.795. The molecule has 4 rings (SSSR count). The van der Waals surface area contributed by atoms with Gasteiger partial charge in [-0.1, -0.05) is 43.2 Å². The molecule has 2 heterocycles. The molecule has 1 aromatic carbocycles. The van der Waals surface area contributed by atoms with Gasteiger partial charge in [0.25, 0.3) is 0 Å². The van der Waals surface area contributed by atoms with Crippen LogP contribution < -0.4 is 0 Å². The molecular weight excluding hydrogens is 334 g/mol.